The maximum atomic E-state index is 11.6. The molecule has 1 fully saturated rings. The summed E-state index contributed by atoms with van der Waals surface area (Å²) in [5.74, 6) is -0.181. The average molecular weight is 246 g/mol. The molecule has 4 nitrogen and oxygen atoms in total. The molecule has 1 saturated carbocycles. The highest BCUT2D eigenvalue weighted by Crippen LogP contribution is 2.28. The molecule has 1 heterocycles. The molecule has 2 N–H and O–H groups in total. The van der Waals surface area contributed by atoms with Gasteiger partial charge in [0.15, 0.2) is 0 Å². The molecule has 1 aliphatic carbocycles. The summed E-state index contributed by atoms with van der Waals surface area (Å²) in [7, 11) is 0. The molecule has 2 rings (SSSR count). The summed E-state index contributed by atoms with van der Waals surface area (Å²) in [6.45, 7) is 0.337. The van der Waals surface area contributed by atoms with Crippen molar-refractivity contribution in [3.05, 3.63) is 36.2 Å². The van der Waals surface area contributed by atoms with Crippen LogP contribution in [0.2, 0.25) is 0 Å². The van der Waals surface area contributed by atoms with Crippen molar-refractivity contribution in [2.24, 2.45) is 0 Å². The molecular weight excluding hydrogens is 228 g/mol. The molecule has 0 spiro atoms. The Morgan fingerprint density at radius 3 is 2.94 bits per heavy atom. The van der Waals surface area contributed by atoms with Gasteiger partial charge in [-0.3, -0.25) is 9.78 Å². The number of amides is 1. The Bertz CT molecular complexity index is 423. The number of nitrogens with zero attached hydrogens (tertiary/aromatic N) is 1. The molecule has 0 saturated heterocycles. The molecule has 1 amide bonds. The molecule has 1 aromatic rings. The van der Waals surface area contributed by atoms with Crippen molar-refractivity contribution >= 4 is 12.0 Å². The Morgan fingerprint density at radius 1 is 1.50 bits per heavy atom. The van der Waals surface area contributed by atoms with Gasteiger partial charge in [0.25, 0.3) is 0 Å². The van der Waals surface area contributed by atoms with Gasteiger partial charge in [0.05, 0.1) is 5.60 Å². The second-order valence-corrected chi connectivity index (χ2v) is 4.77. The van der Waals surface area contributed by atoms with E-state index < -0.39 is 5.60 Å². The van der Waals surface area contributed by atoms with E-state index in [-0.39, 0.29) is 5.91 Å². The molecule has 4 heteroatoms. The van der Waals surface area contributed by atoms with Crippen LogP contribution in [0.5, 0.6) is 0 Å². The molecule has 1 aromatic heterocycles. The van der Waals surface area contributed by atoms with Gasteiger partial charge in [0, 0.05) is 25.0 Å². The lowest BCUT2D eigenvalue weighted by molar-refractivity contribution is -0.117. The van der Waals surface area contributed by atoms with E-state index in [2.05, 4.69) is 10.3 Å². The SMILES string of the molecule is O=C(C=Cc1cccnc1)NCC1(O)CCCC1. The van der Waals surface area contributed by atoms with Crippen molar-refractivity contribution in [1.82, 2.24) is 10.3 Å². The topological polar surface area (TPSA) is 62.2 Å². The largest absolute Gasteiger partial charge is 0.388 e. The van der Waals surface area contributed by atoms with Crippen LogP contribution in [0.3, 0.4) is 0 Å². The first kappa shape index (κ1) is 12.8. The monoisotopic (exact) mass is 246 g/mol. The molecule has 0 radical (unpaired) electrons. The van der Waals surface area contributed by atoms with Crippen LogP contribution in [0.15, 0.2) is 30.6 Å². The Hall–Kier alpha value is -1.68. The summed E-state index contributed by atoms with van der Waals surface area (Å²) in [6, 6.07) is 3.69. The number of pyridine rings is 1. The van der Waals surface area contributed by atoms with Crippen LogP contribution in [0.1, 0.15) is 31.2 Å². The highest BCUT2D eigenvalue weighted by atomic mass is 16.3. The summed E-state index contributed by atoms with van der Waals surface area (Å²) < 4.78 is 0. The van der Waals surface area contributed by atoms with Gasteiger partial charge in [-0.1, -0.05) is 18.9 Å². The zero-order valence-corrected chi connectivity index (χ0v) is 10.3. The first-order valence-corrected chi connectivity index (χ1v) is 6.26. The number of carbonyl (C=O) groups excluding carboxylic acids is 1. The zero-order valence-electron chi connectivity index (χ0n) is 10.3. The number of rotatable bonds is 4. The molecule has 1 aliphatic rings. The van der Waals surface area contributed by atoms with Crippen LogP contribution in [0.4, 0.5) is 0 Å². The van der Waals surface area contributed by atoms with E-state index in [1.54, 1.807) is 18.5 Å². The van der Waals surface area contributed by atoms with Crippen molar-refractivity contribution in [3.8, 4) is 0 Å². The normalized spacial score (nSPS) is 18.1. The van der Waals surface area contributed by atoms with E-state index in [0.717, 1.165) is 31.2 Å². The van der Waals surface area contributed by atoms with Crippen molar-refractivity contribution < 1.29 is 9.90 Å². The fourth-order valence-electron chi connectivity index (χ4n) is 2.17. The number of aromatic nitrogens is 1. The second kappa shape index (κ2) is 5.78. The predicted molar refractivity (Wildman–Crippen MR) is 69.7 cm³/mol. The number of carbonyl (C=O) groups is 1. The summed E-state index contributed by atoms with van der Waals surface area (Å²) in [4.78, 5) is 15.5. The van der Waals surface area contributed by atoms with Gasteiger partial charge in [-0.25, -0.2) is 0 Å². The maximum Gasteiger partial charge on any atom is 0.244 e. The summed E-state index contributed by atoms with van der Waals surface area (Å²) in [5, 5.41) is 12.8. The number of aliphatic hydroxyl groups is 1. The molecule has 0 aliphatic heterocycles. The van der Waals surface area contributed by atoms with Gasteiger partial charge in [-0.2, -0.15) is 0 Å². The number of nitrogens with one attached hydrogen (secondary N) is 1. The van der Waals surface area contributed by atoms with Crippen LogP contribution in [0.25, 0.3) is 6.08 Å². The van der Waals surface area contributed by atoms with E-state index >= 15 is 0 Å². The number of hydrogen-bond donors (Lipinski definition) is 2. The van der Waals surface area contributed by atoms with E-state index in [0.29, 0.717) is 6.54 Å². The lowest BCUT2D eigenvalue weighted by Gasteiger charge is -2.21. The molecule has 18 heavy (non-hydrogen) atoms. The Balaban J connectivity index is 1.80. The second-order valence-electron chi connectivity index (χ2n) is 4.77. The van der Waals surface area contributed by atoms with Crippen molar-refractivity contribution in [1.29, 1.82) is 0 Å². The van der Waals surface area contributed by atoms with Crippen LogP contribution < -0.4 is 5.32 Å². The van der Waals surface area contributed by atoms with E-state index in [1.807, 2.05) is 12.1 Å². The first-order chi connectivity index (χ1) is 8.68. The Labute approximate surface area is 107 Å². The van der Waals surface area contributed by atoms with Crippen molar-refractivity contribution in [2.45, 2.75) is 31.3 Å². The van der Waals surface area contributed by atoms with Gasteiger partial charge >= 0.3 is 0 Å². The van der Waals surface area contributed by atoms with E-state index in [1.165, 1.54) is 6.08 Å². The lowest BCUT2D eigenvalue weighted by atomic mass is 10.0. The molecule has 0 bridgehead atoms. The molecule has 0 atom stereocenters. The highest BCUT2D eigenvalue weighted by Gasteiger charge is 2.30. The number of hydrogen-bond acceptors (Lipinski definition) is 3. The van der Waals surface area contributed by atoms with Gasteiger partial charge in [-0.05, 0) is 30.5 Å². The third-order valence-electron chi connectivity index (χ3n) is 3.24. The lowest BCUT2D eigenvalue weighted by Crippen LogP contribution is -2.40. The van der Waals surface area contributed by atoms with Crippen LogP contribution in [-0.4, -0.2) is 28.1 Å². The van der Waals surface area contributed by atoms with Crippen LogP contribution in [0, 0.1) is 0 Å². The minimum atomic E-state index is -0.697. The highest BCUT2D eigenvalue weighted by molar-refractivity contribution is 5.91. The van der Waals surface area contributed by atoms with Gasteiger partial charge in [0.1, 0.15) is 0 Å². The van der Waals surface area contributed by atoms with Crippen LogP contribution in [-0.2, 0) is 4.79 Å². The quantitative estimate of drug-likeness (QED) is 0.792. The fraction of sp³-hybridized carbons (Fsp3) is 0.429. The van der Waals surface area contributed by atoms with Gasteiger partial charge in [-0.15, -0.1) is 0 Å². The van der Waals surface area contributed by atoms with E-state index in [9.17, 15) is 9.90 Å². The van der Waals surface area contributed by atoms with Crippen molar-refractivity contribution in [2.75, 3.05) is 6.54 Å². The Kier molecular flexibility index (Phi) is 4.10. The molecule has 96 valence electrons. The summed E-state index contributed by atoms with van der Waals surface area (Å²) >= 11 is 0. The van der Waals surface area contributed by atoms with Crippen molar-refractivity contribution in [3.63, 3.8) is 0 Å². The minimum absolute atomic E-state index is 0.181. The predicted octanol–water partition coefficient (Wildman–Crippen LogP) is 1.52. The van der Waals surface area contributed by atoms with Gasteiger partial charge in [0.2, 0.25) is 5.91 Å². The average Bonchev–Trinajstić information content (AvgIpc) is 2.83. The molecular formula is C14H18N2O2. The standard InChI is InChI=1S/C14H18N2O2/c17-13(6-5-12-4-3-9-15-10-12)16-11-14(18)7-1-2-8-14/h3-6,9-10,18H,1-2,7-8,11H2,(H,16,17). The summed E-state index contributed by atoms with van der Waals surface area (Å²) in [6.07, 6.45) is 10.2. The van der Waals surface area contributed by atoms with E-state index in [4.69, 9.17) is 0 Å². The third kappa shape index (κ3) is 3.67. The van der Waals surface area contributed by atoms with Crippen LogP contribution >= 0.6 is 0 Å². The smallest absolute Gasteiger partial charge is 0.244 e. The maximum absolute atomic E-state index is 11.6. The minimum Gasteiger partial charge on any atom is -0.388 e. The molecule has 0 unspecified atom stereocenters. The third-order valence-corrected chi connectivity index (χ3v) is 3.24. The summed E-state index contributed by atoms with van der Waals surface area (Å²) in [5.41, 5.74) is 0.185. The Morgan fingerprint density at radius 2 is 2.28 bits per heavy atom. The first-order valence-electron chi connectivity index (χ1n) is 6.26. The van der Waals surface area contributed by atoms with Gasteiger partial charge < -0.3 is 10.4 Å². The zero-order chi connectivity index (χ0) is 12.8. The fourth-order valence-corrected chi connectivity index (χ4v) is 2.17. The molecule has 0 aromatic carbocycles.